The zero-order valence-electron chi connectivity index (χ0n) is 11.2. The van der Waals surface area contributed by atoms with Crippen LogP contribution in [0.2, 0.25) is 0 Å². The van der Waals surface area contributed by atoms with Gasteiger partial charge < -0.3 is 5.32 Å². The molecule has 2 aromatic heterocycles. The molecule has 98 valence electrons. The van der Waals surface area contributed by atoms with Crippen LogP contribution < -0.4 is 5.32 Å². The fourth-order valence-corrected chi connectivity index (χ4v) is 2.03. The van der Waals surface area contributed by atoms with E-state index in [4.69, 9.17) is 0 Å². The minimum Gasteiger partial charge on any atom is -0.352 e. The molecule has 0 atom stereocenters. The van der Waals surface area contributed by atoms with E-state index < -0.39 is 0 Å². The molecule has 2 heterocycles. The van der Waals surface area contributed by atoms with Crippen LogP contribution in [-0.2, 0) is 0 Å². The number of aromatic nitrogens is 4. The van der Waals surface area contributed by atoms with Gasteiger partial charge in [0.2, 0.25) is 5.95 Å². The first-order valence-electron chi connectivity index (χ1n) is 6.64. The Morgan fingerprint density at radius 1 is 1.16 bits per heavy atom. The molecule has 0 unspecified atom stereocenters. The van der Waals surface area contributed by atoms with Crippen molar-refractivity contribution in [2.24, 2.45) is 0 Å². The summed E-state index contributed by atoms with van der Waals surface area (Å²) in [6, 6.07) is 0.328. The molecule has 0 radical (unpaired) electrons. The van der Waals surface area contributed by atoms with Crippen molar-refractivity contribution in [2.75, 3.05) is 5.32 Å². The van der Waals surface area contributed by atoms with Crippen LogP contribution in [0.3, 0.4) is 0 Å². The smallest absolute Gasteiger partial charge is 0.223 e. The Balaban J connectivity index is 2.00. The van der Waals surface area contributed by atoms with E-state index in [1.165, 1.54) is 12.8 Å². The molecule has 1 aliphatic rings. The predicted molar refractivity (Wildman–Crippen MR) is 73.8 cm³/mol. The lowest BCUT2D eigenvalue weighted by Gasteiger charge is -2.12. The zero-order chi connectivity index (χ0) is 13.2. The molecule has 3 rings (SSSR count). The highest BCUT2D eigenvalue weighted by Crippen LogP contribution is 2.43. The standard InChI is InChI=1S/C14H17N5/c1-9(2)18-14-17-7-11(12-8-15-5-6-16-12)13(19-14)10-3-4-10/h5-10H,3-4H2,1-2H3,(H,17,18,19). The number of nitrogens with zero attached hydrogens (tertiary/aromatic N) is 4. The molecule has 2 aromatic rings. The average Bonchev–Trinajstić information content (AvgIpc) is 3.23. The van der Waals surface area contributed by atoms with Gasteiger partial charge in [0.05, 0.1) is 17.6 Å². The van der Waals surface area contributed by atoms with Gasteiger partial charge in [0.15, 0.2) is 0 Å². The number of anilines is 1. The molecular formula is C14H17N5. The first kappa shape index (κ1) is 12.0. The molecule has 0 aliphatic heterocycles. The van der Waals surface area contributed by atoms with Crippen LogP contribution in [-0.4, -0.2) is 26.0 Å². The topological polar surface area (TPSA) is 63.6 Å². The molecule has 5 heteroatoms. The Kier molecular flexibility index (Phi) is 3.11. The van der Waals surface area contributed by atoms with Crippen molar-refractivity contribution in [3.05, 3.63) is 30.5 Å². The number of rotatable bonds is 4. The Hall–Kier alpha value is -2.04. The third kappa shape index (κ3) is 2.70. The van der Waals surface area contributed by atoms with Crippen molar-refractivity contribution in [3.63, 3.8) is 0 Å². The van der Waals surface area contributed by atoms with E-state index in [0.29, 0.717) is 17.9 Å². The summed E-state index contributed by atoms with van der Waals surface area (Å²) in [5.74, 6) is 1.25. The van der Waals surface area contributed by atoms with Gasteiger partial charge in [0, 0.05) is 36.1 Å². The lowest BCUT2D eigenvalue weighted by Crippen LogP contribution is -2.13. The SMILES string of the molecule is CC(C)Nc1ncc(-c2cnccn2)c(C2CC2)n1. The van der Waals surface area contributed by atoms with E-state index in [-0.39, 0.29) is 0 Å². The van der Waals surface area contributed by atoms with E-state index >= 15 is 0 Å². The summed E-state index contributed by atoms with van der Waals surface area (Å²) in [4.78, 5) is 17.5. The van der Waals surface area contributed by atoms with Gasteiger partial charge in [-0.1, -0.05) is 0 Å². The van der Waals surface area contributed by atoms with Gasteiger partial charge in [-0.3, -0.25) is 9.97 Å². The summed E-state index contributed by atoms with van der Waals surface area (Å²) in [5.41, 5.74) is 2.95. The quantitative estimate of drug-likeness (QED) is 0.909. The molecule has 0 amide bonds. The van der Waals surface area contributed by atoms with Gasteiger partial charge in [-0.25, -0.2) is 9.97 Å². The Morgan fingerprint density at radius 2 is 2.00 bits per heavy atom. The molecule has 1 aliphatic carbocycles. The van der Waals surface area contributed by atoms with Crippen molar-refractivity contribution in [1.29, 1.82) is 0 Å². The highest BCUT2D eigenvalue weighted by Gasteiger charge is 2.29. The molecule has 0 spiro atoms. The molecule has 0 saturated heterocycles. The van der Waals surface area contributed by atoms with Gasteiger partial charge in [0.25, 0.3) is 0 Å². The third-order valence-electron chi connectivity index (χ3n) is 3.04. The van der Waals surface area contributed by atoms with Crippen molar-refractivity contribution >= 4 is 5.95 Å². The average molecular weight is 255 g/mol. The van der Waals surface area contributed by atoms with E-state index in [1.807, 2.05) is 6.20 Å². The van der Waals surface area contributed by atoms with Crippen LogP contribution in [0, 0.1) is 0 Å². The molecule has 0 bridgehead atoms. The first-order chi connectivity index (χ1) is 9.24. The molecule has 1 N–H and O–H groups in total. The van der Waals surface area contributed by atoms with Crippen molar-refractivity contribution < 1.29 is 0 Å². The first-order valence-corrected chi connectivity index (χ1v) is 6.64. The predicted octanol–water partition coefficient (Wildman–Crippen LogP) is 2.63. The lowest BCUT2D eigenvalue weighted by molar-refractivity contribution is 0.863. The van der Waals surface area contributed by atoms with Crippen LogP contribution in [0.15, 0.2) is 24.8 Å². The van der Waals surface area contributed by atoms with Crippen LogP contribution in [0.25, 0.3) is 11.3 Å². The second kappa shape index (κ2) is 4.91. The minimum atomic E-state index is 0.328. The monoisotopic (exact) mass is 255 g/mol. The minimum absolute atomic E-state index is 0.328. The zero-order valence-corrected chi connectivity index (χ0v) is 11.2. The highest BCUT2D eigenvalue weighted by molar-refractivity contribution is 5.62. The second-order valence-electron chi connectivity index (χ2n) is 5.16. The molecule has 5 nitrogen and oxygen atoms in total. The summed E-state index contributed by atoms with van der Waals surface area (Å²) in [5, 5.41) is 3.25. The largest absolute Gasteiger partial charge is 0.352 e. The fraction of sp³-hybridized carbons (Fsp3) is 0.429. The Bertz CT molecular complexity index is 563. The Morgan fingerprint density at radius 3 is 2.63 bits per heavy atom. The fourth-order valence-electron chi connectivity index (χ4n) is 2.03. The maximum Gasteiger partial charge on any atom is 0.223 e. The second-order valence-corrected chi connectivity index (χ2v) is 5.16. The van der Waals surface area contributed by atoms with E-state index in [2.05, 4.69) is 39.1 Å². The van der Waals surface area contributed by atoms with Gasteiger partial charge in [-0.15, -0.1) is 0 Å². The lowest BCUT2D eigenvalue weighted by atomic mass is 10.1. The van der Waals surface area contributed by atoms with E-state index in [9.17, 15) is 0 Å². The summed E-state index contributed by atoms with van der Waals surface area (Å²) < 4.78 is 0. The maximum atomic E-state index is 4.66. The van der Waals surface area contributed by atoms with E-state index in [0.717, 1.165) is 17.0 Å². The summed E-state index contributed by atoms with van der Waals surface area (Å²) in [6.07, 6.45) is 9.40. The van der Waals surface area contributed by atoms with Gasteiger partial charge >= 0.3 is 0 Å². The van der Waals surface area contributed by atoms with Gasteiger partial charge in [-0.2, -0.15) is 0 Å². The summed E-state index contributed by atoms with van der Waals surface area (Å²) >= 11 is 0. The Labute approximate surface area is 112 Å². The van der Waals surface area contributed by atoms with Crippen LogP contribution >= 0.6 is 0 Å². The molecule has 19 heavy (non-hydrogen) atoms. The summed E-state index contributed by atoms with van der Waals surface area (Å²) in [6.45, 7) is 4.16. The van der Waals surface area contributed by atoms with Gasteiger partial charge in [-0.05, 0) is 26.7 Å². The molecular weight excluding hydrogens is 238 g/mol. The van der Waals surface area contributed by atoms with Crippen molar-refractivity contribution in [3.8, 4) is 11.3 Å². The van der Waals surface area contributed by atoms with Crippen LogP contribution in [0.1, 0.15) is 38.3 Å². The summed E-state index contributed by atoms with van der Waals surface area (Å²) in [7, 11) is 0. The maximum absolute atomic E-state index is 4.66. The molecule has 1 saturated carbocycles. The van der Waals surface area contributed by atoms with E-state index in [1.54, 1.807) is 18.6 Å². The number of nitrogens with one attached hydrogen (secondary N) is 1. The molecule has 0 aromatic carbocycles. The van der Waals surface area contributed by atoms with Crippen molar-refractivity contribution in [2.45, 2.75) is 38.6 Å². The van der Waals surface area contributed by atoms with Crippen LogP contribution in [0.4, 0.5) is 5.95 Å². The van der Waals surface area contributed by atoms with Crippen LogP contribution in [0.5, 0.6) is 0 Å². The third-order valence-corrected chi connectivity index (χ3v) is 3.04. The highest BCUT2D eigenvalue weighted by atomic mass is 15.1. The number of hydrogen-bond donors (Lipinski definition) is 1. The van der Waals surface area contributed by atoms with Gasteiger partial charge in [0.1, 0.15) is 0 Å². The van der Waals surface area contributed by atoms with Crippen molar-refractivity contribution in [1.82, 2.24) is 19.9 Å². The molecule has 1 fully saturated rings. The normalized spacial score (nSPS) is 14.7. The number of hydrogen-bond acceptors (Lipinski definition) is 5.